The molecule has 1 aliphatic heterocycles. The normalized spacial score (nSPS) is 16.5. The number of piperazine rings is 1. The Labute approximate surface area is 157 Å². The van der Waals surface area contributed by atoms with Gasteiger partial charge in [-0.1, -0.05) is 18.2 Å². The Morgan fingerprint density at radius 2 is 1.88 bits per heavy atom. The number of alkyl halides is 4. The van der Waals surface area contributed by atoms with Crippen LogP contribution < -0.4 is 10.1 Å². The van der Waals surface area contributed by atoms with Crippen LogP contribution in [0.15, 0.2) is 36.9 Å². The summed E-state index contributed by atoms with van der Waals surface area (Å²) in [6.07, 6.45) is -5.98. The first-order chi connectivity index (χ1) is 10.9. The van der Waals surface area contributed by atoms with Gasteiger partial charge in [0.15, 0.2) is 0 Å². The molecule has 0 aliphatic carbocycles. The number of halogens is 6. The monoisotopic (exact) mass is 404 g/mol. The standard InChI is InChI=1S/C16H20F4N2O.2ClH/c1-2-4-14(22-9-7-21-8-10-22)12-5-3-6-13(11-12)23-16(19,20)15(17)18;;/h2-3,5-6,11,14-15,21H,1,4,7-10H2;2*1H/t14-;;/m1../s1. The van der Waals surface area contributed by atoms with Crippen molar-refractivity contribution in [1.29, 1.82) is 0 Å². The van der Waals surface area contributed by atoms with Crippen LogP contribution in [0.2, 0.25) is 0 Å². The number of benzene rings is 1. The minimum atomic E-state index is -4.50. The molecule has 1 heterocycles. The maximum Gasteiger partial charge on any atom is 0.461 e. The number of nitrogens with zero attached hydrogens (tertiary/aromatic N) is 1. The van der Waals surface area contributed by atoms with Gasteiger partial charge in [-0.15, -0.1) is 31.4 Å². The third-order valence-electron chi connectivity index (χ3n) is 3.73. The van der Waals surface area contributed by atoms with E-state index in [1.165, 1.54) is 18.2 Å². The second-order valence-electron chi connectivity index (χ2n) is 5.36. The van der Waals surface area contributed by atoms with Gasteiger partial charge in [0.2, 0.25) is 0 Å². The van der Waals surface area contributed by atoms with Crippen molar-refractivity contribution in [2.75, 3.05) is 26.2 Å². The highest BCUT2D eigenvalue weighted by atomic mass is 35.5. The van der Waals surface area contributed by atoms with Crippen molar-refractivity contribution < 1.29 is 22.3 Å². The largest absolute Gasteiger partial charge is 0.461 e. The van der Waals surface area contributed by atoms with Crippen LogP contribution >= 0.6 is 24.8 Å². The van der Waals surface area contributed by atoms with Gasteiger partial charge in [0, 0.05) is 32.2 Å². The highest BCUT2D eigenvalue weighted by molar-refractivity contribution is 5.85. The van der Waals surface area contributed by atoms with Crippen molar-refractivity contribution in [2.24, 2.45) is 0 Å². The van der Waals surface area contributed by atoms with Crippen LogP contribution in [0.5, 0.6) is 5.75 Å². The van der Waals surface area contributed by atoms with Crippen LogP contribution in [0.3, 0.4) is 0 Å². The molecule has 1 saturated heterocycles. The first-order valence-electron chi connectivity index (χ1n) is 7.44. The van der Waals surface area contributed by atoms with Crippen LogP contribution in [-0.4, -0.2) is 43.6 Å². The number of ether oxygens (including phenoxy) is 1. The molecule has 3 nitrogen and oxygen atoms in total. The van der Waals surface area contributed by atoms with E-state index in [2.05, 4.69) is 21.5 Å². The first-order valence-corrected chi connectivity index (χ1v) is 7.44. The van der Waals surface area contributed by atoms with Crippen molar-refractivity contribution in [2.45, 2.75) is 25.0 Å². The molecule has 9 heteroatoms. The molecule has 1 aromatic carbocycles. The fraction of sp³-hybridized carbons (Fsp3) is 0.500. The maximum atomic E-state index is 13.1. The Kier molecular flexibility index (Phi) is 10.4. The molecule has 0 amide bonds. The summed E-state index contributed by atoms with van der Waals surface area (Å²) in [5, 5.41) is 3.24. The Morgan fingerprint density at radius 1 is 1.24 bits per heavy atom. The Balaban J connectivity index is 0.00000288. The minimum absolute atomic E-state index is 0. The van der Waals surface area contributed by atoms with Gasteiger partial charge in [0.25, 0.3) is 0 Å². The minimum Gasteiger partial charge on any atom is -0.428 e. The summed E-state index contributed by atoms with van der Waals surface area (Å²) in [5.41, 5.74) is 0.745. The molecule has 0 spiro atoms. The third-order valence-corrected chi connectivity index (χ3v) is 3.73. The van der Waals surface area contributed by atoms with Gasteiger partial charge in [0.05, 0.1) is 0 Å². The van der Waals surface area contributed by atoms with Crippen LogP contribution in [0, 0.1) is 0 Å². The Bertz CT molecular complexity index is 529. The van der Waals surface area contributed by atoms with Gasteiger partial charge in [-0.05, 0) is 24.1 Å². The predicted molar refractivity (Wildman–Crippen MR) is 94.5 cm³/mol. The fourth-order valence-electron chi connectivity index (χ4n) is 2.63. The zero-order valence-electron chi connectivity index (χ0n) is 13.5. The summed E-state index contributed by atoms with van der Waals surface area (Å²) in [6.45, 7) is 7.05. The molecule has 1 fully saturated rings. The van der Waals surface area contributed by atoms with E-state index in [4.69, 9.17) is 0 Å². The van der Waals surface area contributed by atoms with Crippen LogP contribution in [-0.2, 0) is 0 Å². The molecular weight excluding hydrogens is 383 g/mol. The maximum absolute atomic E-state index is 13.1. The molecule has 1 aromatic rings. The van der Waals surface area contributed by atoms with Gasteiger partial charge >= 0.3 is 12.5 Å². The van der Waals surface area contributed by atoms with E-state index in [9.17, 15) is 17.6 Å². The van der Waals surface area contributed by atoms with Gasteiger partial charge in [-0.3, -0.25) is 4.90 Å². The molecule has 0 saturated carbocycles. The second kappa shape index (κ2) is 10.9. The SMILES string of the molecule is C=CC[C@H](c1cccc(OC(F)(F)C(F)F)c1)N1CCNCC1.Cl.Cl. The summed E-state index contributed by atoms with van der Waals surface area (Å²) >= 11 is 0. The van der Waals surface area contributed by atoms with E-state index in [1.54, 1.807) is 12.1 Å². The first kappa shape index (κ1) is 24.0. The molecule has 25 heavy (non-hydrogen) atoms. The van der Waals surface area contributed by atoms with Gasteiger partial charge in [-0.25, -0.2) is 0 Å². The quantitative estimate of drug-likeness (QED) is 0.541. The summed E-state index contributed by atoms with van der Waals surface area (Å²) in [4.78, 5) is 2.21. The van der Waals surface area contributed by atoms with Crippen LogP contribution in [0.25, 0.3) is 0 Å². The molecule has 0 radical (unpaired) electrons. The molecule has 0 bridgehead atoms. The molecule has 0 aromatic heterocycles. The van der Waals surface area contributed by atoms with Crippen molar-refractivity contribution in [3.8, 4) is 5.75 Å². The third kappa shape index (κ3) is 6.66. The van der Waals surface area contributed by atoms with Crippen LogP contribution in [0.4, 0.5) is 17.6 Å². The lowest BCUT2D eigenvalue weighted by molar-refractivity contribution is -0.253. The molecular formula is C16H22Cl2F4N2O. The van der Waals surface area contributed by atoms with E-state index < -0.39 is 12.5 Å². The van der Waals surface area contributed by atoms with E-state index in [-0.39, 0.29) is 36.6 Å². The van der Waals surface area contributed by atoms with Crippen molar-refractivity contribution in [3.05, 3.63) is 42.5 Å². The average molecular weight is 405 g/mol. The summed E-state index contributed by atoms with van der Waals surface area (Å²) in [5.74, 6) is -0.267. The number of nitrogens with one attached hydrogen (secondary N) is 1. The lowest BCUT2D eigenvalue weighted by Gasteiger charge is -2.35. The Hall–Kier alpha value is -1.02. The van der Waals surface area contributed by atoms with E-state index >= 15 is 0 Å². The highest BCUT2D eigenvalue weighted by Gasteiger charge is 2.44. The smallest absolute Gasteiger partial charge is 0.428 e. The molecule has 2 rings (SSSR count). The van der Waals surface area contributed by atoms with Gasteiger partial charge < -0.3 is 10.1 Å². The predicted octanol–water partition coefficient (Wildman–Crippen LogP) is 4.29. The Morgan fingerprint density at radius 3 is 2.44 bits per heavy atom. The zero-order chi connectivity index (χ0) is 16.9. The van der Waals surface area contributed by atoms with Gasteiger partial charge in [-0.2, -0.15) is 17.6 Å². The fourth-order valence-corrected chi connectivity index (χ4v) is 2.63. The number of hydrogen-bond acceptors (Lipinski definition) is 3. The average Bonchev–Trinajstić information content (AvgIpc) is 2.53. The van der Waals surface area contributed by atoms with Crippen molar-refractivity contribution in [1.82, 2.24) is 10.2 Å². The summed E-state index contributed by atoms with van der Waals surface area (Å²) < 4.78 is 54.8. The lowest BCUT2D eigenvalue weighted by Crippen LogP contribution is -2.45. The number of hydrogen-bond donors (Lipinski definition) is 1. The molecule has 1 atom stereocenters. The van der Waals surface area contributed by atoms with E-state index in [0.717, 1.165) is 31.7 Å². The van der Waals surface area contributed by atoms with Crippen molar-refractivity contribution >= 4 is 24.8 Å². The van der Waals surface area contributed by atoms with Gasteiger partial charge in [0.1, 0.15) is 5.75 Å². The highest BCUT2D eigenvalue weighted by Crippen LogP contribution is 2.31. The molecule has 0 unspecified atom stereocenters. The van der Waals surface area contributed by atoms with E-state index in [0.29, 0.717) is 6.42 Å². The summed E-state index contributed by atoms with van der Waals surface area (Å²) in [6, 6.07) is 5.92. The topological polar surface area (TPSA) is 24.5 Å². The number of rotatable bonds is 7. The zero-order valence-corrected chi connectivity index (χ0v) is 15.1. The molecule has 1 N–H and O–H groups in total. The lowest BCUT2D eigenvalue weighted by atomic mass is 10.0. The second-order valence-corrected chi connectivity index (χ2v) is 5.36. The molecule has 144 valence electrons. The van der Waals surface area contributed by atoms with Crippen molar-refractivity contribution in [3.63, 3.8) is 0 Å². The summed E-state index contributed by atoms with van der Waals surface area (Å²) in [7, 11) is 0. The van der Waals surface area contributed by atoms with Crippen LogP contribution in [0.1, 0.15) is 18.0 Å². The molecule has 1 aliphatic rings. The van der Waals surface area contributed by atoms with E-state index in [1.807, 2.05) is 0 Å².